The molecule has 0 saturated carbocycles. The maximum atomic E-state index is 2.59. The van der Waals surface area contributed by atoms with Gasteiger partial charge in [0.2, 0.25) is 0 Å². The molecule has 0 nitrogen and oxygen atoms in total. The van der Waals surface area contributed by atoms with E-state index in [9.17, 15) is 0 Å². The second-order valence-corrected chi connectivity index (χ2v) is 64.7. The van der Waals surface area contributed by atoms with E-state index in [0.717, 1.165) is 0 Å². The summed E-state index contributed by atoms with van der Waals surface area (Å²) in [5, 5.41) is 0. The van der Waals surface area contributed by atoms with Crippen LogP contribution < -0.4 is 0 Å². The van der Waals surface area contributed by atoms with Gasteiger partial charge in [-0.15, -0.1) is 0 Å². The molecule has 10 aliphatic rings. The molecule has 0 aliphatic carbocycles. The van der Waals surface area contributed by atoms with Crippen LogP contribution in [0.15, 0.2) is 0 Å². The van der Waals surface area contributed by atoms with Crippen LogP contribution in [0.25, 0.3) is 0 Å². The first-order valence-corrected chi connectivity index (χ1v) is 20.8. The summed E-state index contributed by atoms with van der Waals surface area (Å²) >= 11 is 0. The van der Waals surface area contributed by atoms with Crippen LogP contribution in [0.4, 0.5) is 0 Å². The van der Waals surface area contributed by atoms with Crippen LogP contribution in [0, 0.1) is 0 Å². The van der Waals surface area contributed by atoms with Gasteiger partial charge >= 0.3 is 65.4 Å². The van der Waals surface area contributed by atoms with Gasteiger partial charge in [0.1, 0.15) is 0 Å². The molecule has 13 heavy (non-hydrogen) atoms. The van der Waals surface area contributed by atoms with E-state index >= 15 is 0 Å². The summed E-state index contributed by atoms with van der Waals surface area (Å²) in [5.41, 5.74) is 0. The van der Waals surface area contributed by atoms with E-state index in [0.29, 0.717) is 0 Å². The van der Waals surface area contributed by atoms with Crippen molar-refractivity contribution < 1.29 is 7.88 Å². The van der Waals surface area contributed by atoms with Gasteiger partial charge in [0, 0.05) is 0 Å². The third-order valence-electron chi connectivity index (χ3n) is 15.5. The fraction of sp³-hybridized carbons (Fsp3) is 1.00. The number of hydrogen-bond acceptors (Lipinski definition) is 0. The summed E-state index contributed by atoms with van der Waals surface area (Å²) in [6.07, 6.45) is 1.69. The van der Waals surface area contributed by atoms with Gasteiger partial charge in [0.15, 0.2) is 0 Å². The molecule has 4 atom stereocenters. The van der Waals surface area contributed by atoms with Crippen LogP contribution in [0.3, 0.4) is 0 Å². The van der Waals surface area contributed by atoms with E-state index < -0.39 is 7.88 Å². The number of hydrogen-bond donors (Lipinski definition) is 0. The van der Waals surface area contributed by atoms with Crippen molar-refractivity contribution in [2.24, 2.45) is 0 Å². The van der Waals surface area contributed by atoms with Crippen LogP contribution in [-0.4, -0.2) is 0 Å². The van der Waals surface area contributed by atoms with Crippen molar-refractivity contribution in [2.45, 2.75) is 57.6 Å². The Labute approximate surface area is 65.5 Å². The van der Waals surface area contributed by atoms with Gasteiger partial charge in [-0.05, 0) is 0 Å². The molecule has 0 aromatic heterocycles. The minimum atomic E-state index is -2.91. The predicted octanol–water partition coefficient (Wildman–Crippen LogP) is 4.16. The Bertz CT molecular complexity index is 765. The first-order valence-electron chi connectivity index (χ1n) is 6.32. The second kappa shape index (κ2) is 0.270. The Morgan fingerprint density at radius 1 is 0.846 bits per heavy atom. The third kappa shape index (κ3) is 0.0305. The first-order chi connectivity index (χ1) is 6.11. The average Bonchev–Trinajstić information content (AvgIpc) is 3.12. The fourth-order valence-corrected chi connectivity index (χ4v) is 246. The molecule has 0 N–H and O–H groups in total. The Morgan fingerprint density at radius 2 is 1.31 bits per heavy atom. The van der Waals surface area contributed by atoms with Crippen molar-refractivity contribution in [3.63, 3.8) is 0 Å². The number of rotatable bonds is 1. The Balaban J connectivity index is 2.08. The van der Waals surface area contributed by atoms with Gasteiger partial charge in [-0.25, -0.2) is 0 Å². The number of fused-ring (bicyclic) bond motifs is 10. The van der Waals surface area contributed by atoms with Crippen molar-refractivity contribution in [3.8, 4) is 0 Å². The molecule has 10 saturated heterocycles. The van der Waals surface area contributed by atoms with E-state index in [4.69, 9.17) is 0 Å². The molecule has 10 fully saturated rings. The van der Waals surface area contributed by atoms with Crippen LogP contribution in [0.1, 0.15) is 13.3 Å². The standard InChI is InChI=1S/C7H9.C5H5.Os/c1-2-7-5-3-4-6-7;1-2-4-5-3-1;/h3-6H,2H2,1H3;1-5H;. The topological polar surface area (TPSA) is 0 Å². The summed E-state index contributed by atoms with van der Waals surface area (Å²) in [5.74, 6) is 0. The van der Waals surface area contributed by atoms with Crippen LogP contribution in [-0.2, 0) is 7.88 Å². The van der Waals surface area contributed by atoms with Crippen LogP contribution in [0.5, 0.6) is 0 Å². The Morgan fingerprint density at radius 3 is 1.38 bits per heavy atom. The molecule has 0 bridgehead atoms. The summed E-state index contributed by atoms with van der Waals surface area (Å²) in [7, 11) is -2.91. The van der Waals surface area contributed by atoms with E-state index in [2.05, 4.69) is 6.92 Å². The van der Waals surface area contributed by atoms with Crippen LogP contribution >= 0.6 is 0 Å². The van der Waals surface area contributed by atoms with Gasteiger partial charge in [-0.1, -0.05) is 0 Å². The zero-order valence-electron chi connectivity index (χ0n) is 7.76. The van der Waals surface area contributed by atoms with E-state index in [1.165, 1.54) is 3.97 Å². The zero-order chi connectivity index (χ0) is 7.72. The van der Waals surface area contributed by atoms with Gasteiger partial charge in [0.05, 0.1) is 0 Å². The van der Waals surface area contributed by atoms with E-state index in [-0.39, 0.29) is 0 Å². The first kappa shape index (κ1) is 4.25. The van der Waals surface area contributed by atoms with Crippen molar-refractivity contribution in [2.75, 3.05) is 0 Å². The molecular weight excluding hydrogens is 334 g/mol. The molecule has 1 spiro atoms. The fourth-order valence-electron chi connectivity index (χ4n) is 17.7. The van der Waals surface area contributed by atoms with Crippen LogP contribution in [0.2, 0.25) is 44.2 Å². The molecule has 0 aromatic rings. The Hall–Kier alpha value is 0.636. The summed E-state index contributed by atoms with van der Waals surface area (Å²) < 4.78 is 15.6. The molecule has 0 radical (unpaired) electrons. The SMILES string of the molecule is CC[C]12[CH]3[CH]4[CH]5[CH]1[Os]45321678[CH]2[CH]1[CH]6[CH]7[CH]28. The Kier molecular flexibility index (Phi) is 0.0882. The molecule has 1 heteroatoms. The summed E-state index contributed by atoms with van der Waals surface area (Å²) in [6, 6.07) is 0. The molecule has 10 heterocycles. The molecule has 70 valence electrons. The zero-order valence-corrected chi connectivity index (χ0v) is 10.3. The molecule has 10 rings (SSSR count). The maximum absolute atomic E-state index is 2.91. The minimum absolute atomic E-state index is 1.26. The second-order valence-electron chi connectivity index (χ2n) is 10.2. The molecular formula is C12H14Os. The molecule has 4 unspecified atom stereocenters. The summed E-state index contributed by atoms with van der Waals surface area (Å²) in [4.78, 5) is 0. The third-order valence-corrected chi connectivity index (χ3v) is 115. The molecule has 0 aromatic carbocycles. The average molecular weight is 348 g/mol. The van der Waals surface area contributed by atoms with Crippen molar-refractivity contribution in [1.82, 2.24) is 0 Å². The predicted molar refractivity (Wildman–Crippen MR) is 46.7 cm³/mol. The van der Waals surface area contributed by atoms with Crippen molar-refractivity contribution in [1.29, 1.82) is 0 Å². The van der Waals surface area contributed by atoms with Crippen molar-refractivity contribution >= 4 is 0 Å². The van der Waals surface area contributed by atoms with Gasteiger partial charge in [-0.2, -0.15) is 0 Å². The van der Waals surface area contributed by atoms with Crippen molar-refractivity contribution in [3.05, 3.63) is 0 Å². The van der Waals surface area contributed by atoms with Gasteiger partial charge < -0.3 is 0 Å². The normalized spacial score (nSPS) is 152. The van der Waals surface area contributed by atoms with Gasteiger partial charge in [-0.3, -0.25) is 0 Å². The molecule has 10 aliphatic heterocycles. The molecule has 0 amide bonds. The van der Waals surface area contributed by atoms with Gasteiger partial charge in [0.25, 0.3) is 0 Å². The monoisotopic (exact) mass is 350 g/mol. The quantitative estimate of drug-likeness (QED) is 0.668. The summed E-state index contributed by atoms with van der Waals surface area (Å²) in [6.45, 7) is 2.59. The van der Waals surface area contributed by atoms with E-state index in [1.807, 2.05) is 0 Å². The van der Waals surface area contributed by atoms with E-state index in [1.54, 1.807) is 46.7 Å².